The van der Waals surface area contributed by atoms with E-state index in [1.807, 2.05) is 0 Å². The fourth-order valence-electron chi connectivity index (χ4n) is 2.84. The van der Waals surface area contributed by atoms with Gasteiger partial charge in [-0.3, -0.25) is 4.90 Å². The van der Waals surface area contributed by atoms with Crippen molar-refractivity contribution in [3.05, 3.63) is 34.9 Å². The van der Waals surface area contributed by atoms with Crippen molar-refractivity contribution in [2.45, 2.75) is 59.2 Å². The number of benzene rings is 1. The van der Waals surface area contributed by atoms with Crippen LogP contribution in [-0.4, -0.2) is 30.1 Å². The van der Waals surface area contributed by atoms with E-state index in [-0.39, 0.29) is 0 Å². The van der Waals surface area contributed by atoms with Crippen LogP contribution in [0.15, 0.2) is 18.2 Å². The summed E-state index contributed by atoms with van der Waals surface area (Å²) in [6.07, 6.45) is 2.68. The van der Waals surface area contributed by atoms with E-state index in [2.05, 4.69) is 56.1 Å². The highest BCUT2D eigenvalue weighted by atomic mass is 15.2. The van der Waals surface area contributed by atoms with E-state index in [9.17, 15) is 0 Å². The van der Waals surface area contributed by atoms with Crippen LogP contribution >= 0.6 is 0 Å². The Labute approximate surface area is 118 Å². The molecule has 0 amide bonds. The van der Waals surface area contributed by atoms with Crippen LogP contribution in [0.25, 0.3) is 0 Å². The second-order valence-electron chi connectivity index (χ2n) is 6.25. The van der Waals surface area contributed by atoms with E-state index >= 15 is 0 Å². The lowest BCUT2D eigenvalue weighted by Crippen LogP contribution is -2.39. The Bertz CT molecular complexity index is 412. The molecule has 1 heterocycles. The van der Waals surface area contributed by atoms with E-state index in [0.717, 1.165) is 13.1 Å². The standard InChI is InChI=1S/C17H28N2/c1-13(2)18-11-17-6-5-9-19(17)12-16-8-7-14(3)15(4)10-16/h7-8,10,13,17-18H,5-6,9,11-12H2,1-4H3. The Balaban J connectivity index is 1.95. The Kier molecular flexibility index (Phi) is 5.00. The van der Waals surface area contributed by atoms with Crippen molar-refractivity contribution in [2.75, 3.05) is 13.1 Å². The van der Waals surface area contributed by atoms with Crippen molar-refractivity contribution in [3.8, 4) is 0 Å². The van der Waals surface area contributed by atoms with Gasteiger partial charge in [0.2, 0.25) is 0 Å². The zero-order valence-electron chi connectivity index (χ0n) is 12.9. The molecule has 1 fully saturated rings. The highest BCUT2D eigenvalue weighted by molar-refractivity contribution is 5.29. The molecule has 0 aromatic heterocycles. The third-order valence-corrected chi connectivity index (χ3v) is 4.22. The predicted octanol–water partition coefficient (Wildman–Crippen LogP) is 3.27. The highest BCUT2D eigenvalue weighted by Crippen LogP contribution is 2.20. The zero-order chi connectivity index (χ0) is 13.8. The number of hydrogen-bond donors (Lipinski definition) is 1. The monoisotopic (exact) mass is 260 g/mol. The molecule has 0 bridgehead atoms. The van der Waals surface area contributed by atoms with Gasteiger partial charge in [-0.25, -0.2) is 0 Å². The number of likely N-dealkylation sites (tertiary alicyclic amines) is 1. The molecule has 1 atom stereocenters. The van der Waals surface area contributed by atoms with Crippen LogP contribution in [0.2, 0.25) is 0 Å². The number of rotatable bonds is 5. The van der Waals surface area contributed by atoms with E-state index in [1.54, 1.807) is 0 Å². The topological polar surface area (TPSA) is 15.3 Å². The number of nitrogens with one attached hydrogen (secondary N) is 1. The van der Waals surface area contributed by atoms with Gasteiger partial charge in [0, 0.05) is 25.2 Å². The van der Waals surface area contributed by atoms with Gasteiger partial charge in [0.15, 0.2) is 0 Å². The third-order valence-electron chi connectivity index (χ3n) is 4.22. The zero-order valence-corrected chi connectivity index (χ0v) is 12.9. The molecule has 1 N–H and O–H groups in total. The summed E-state index contributed by atoms with van der Waals surface area (Å²) in [5.74, 6) is 0. The van der Waals surface area contributed by atoms with E-state index < -0.39 is 0 Å². The summed E-state index contributed by atoms with van der Waals surface area (Å²) in [7, 11) is 0. The van der Waals surface area contributed by atoms with Gasteiger partial charge in [-0.15, -0.1) is 0 Å². The Morgan fingerprint density at radius 2 is 2.05 bits per heavy atom. The second kappa shape index (κ2) is 6.53. The summed E-state index contributed by atoms with van der Waals surface area (Å²) in [5, 5.41) is 3.58. The first-order chi connectivity index (χ1) is 9.06. The van der Waals surface area contributed by atoms with Crippen LogP contribution < -0.4 is 5.32 Å². The molecular weight excluding hydrogens is 232 g/mol. The highest BCUT2D eigenvalue weighted by Gasteiger charge is 2.24. The van der Waals surface area contributed by atoms with Crippen LogP contribution in [0.3, 0.4) is 0 Å². The number of aryl methyl sites for hydroxylation is 2. The molecule has 19 heavy (non-hydrogen) atoms. The molecule has 0 aliphatic carbocycles. The molecule has 0 spiro atoms. The van der Waals surface area contributed by atoms with Gasteiger partial charge in [0.1, 0.15) is 0 Å². The smallest absolute Gasteiger partial charge is 0.0237 e. The SMILES string of the molecule is Cc1ccc(CN2CCCC2CNC(C)C)cc1C. The van der Waals surface area contributed by atoms with Gasteiger partial charge >= 0.3 is 0 Å². The summed E-state index contributed by atoms with van der Waals surface area (Å²) < 4.78 is 0. The minimum Gasteiger partial charge on any atom is -0.313 e. The van der Waals surface area contributed by atoms with Crippen molar-refractivity contribution < 1.29 is 0 Å². The fourth-order valence-corrected chi connectivity index (χ4v) is 2.84. The van der Waals surface area contributed by atoms with Gasteiger partial charge in [0.05, 0.1) is 0 Å². The van der Waals surface area contributed by atoms with Gasteiger partial charge < -0.3 is 5.32 Å². The molecule has 2 heteroatoms. The first-order valence-electron chi connectivity index (χ1n) is 7.60. The summed E-state index contributed by atoms with van der Waals surface area (Å²) >= 11 is 0. The molecule has 2 rings (SSSR count). The Morgan fingerprint density at radius 3 is 2.74 bits per heavy atom. The average molecular weight is 260 g/mol. The first-order valence-corrected chi connectivity index (χ1v) is 7.60. The van der Waals surface area contributed by atoms with Crippen LogP contribution in [0.1, 0.15) is 43.4 Å². The maximum Gasteiger partial charge on any atom is 0.0237 e. The molecule has 1 aromatic rings. The van der Waals surface area contributed by atoms with E-state index in [4.69, 9.17) is 0 Å². The Hall–Kier alpha value is -0.860. The number of nitrogens with zero attached hydrogens (tertiary/aromatic N) is 1. The van der Waals surface area contributed by atoms with Gasteiger partial charge in [-0.2, -0.15) is 0 Å². The maximum atomic E-state index is 3.58. The molecule has 1 unspecified atom stereocenters. The summed E-state index contributed by atoms with van der Waals surface area (Å²) in [6.45, 7) is 12.3. The molecule has 1 saturated heterocycles. The quantitative estimate of drug-likeness (QED) is 0.874. The minimum atomic E-state index is 0.587. The normalized spacial score (nSPS) is 20.4. The lowest BCUT2D eigenvalue weighted by molar-refractivity contribution is 0.236. The summed E-state index contributed by atoms with van der Waals surface area (Å²) in [4.78, 5) is 2.64. The van der Waals surface area contributed by atoms with E-state index in [0.29, 0.717) is 12.1 Å². The van der Waals surface area contributed by atoms with Crippen molar-refractivity contribution >= 4 is 0 Å². The number of hydrogen-bond acceptors (Lipinski definition) is 2. The third kappa shape index (κ3) is 4.05. The predicted molar refractivity (Wildman–Crippen MR) is 82.5 cm³/mol. The molecule has 106 valence electrons. The van der Waals surface area contributed by atoms with Crippen LogP contribution in [0.5, 0.6) is 0 Å². The van der Waals surface area contributed by atoms with Crippen LogP contribution in [0.4, 0.5) is 0 Å². The van der Waals surface area contributed by atoms with Crippen molar-refractivity contribution in [3.63, 3.8) is 0 Å². The lowest BCUT2D eigenvalue weighted by Gasteiger charge is -2.26. The Morgan fingerprint density at radius 1 is 1.26 bits per heavy atom. The van der Waals surface area contributed by atoms with Crippen molar-refractivity contribution in [1.82, 2.24) is 10.2 Å². The largest absolute Gasteiger partial charge is 0.313 e. The maximum absolute atomic E-state index is 3.58. The summed E-state index contributed by atoms with van der Waals surface area (Å²) in [6, 6.07) is 8.18. The average Bonchev–Trinajstić information content (AvgIpc) is 2.79. The van der Waals surface area contributed by atoms with E-state index in [1.165, 1.54) is 36.1 Å². The summed E-state index contributed by atoms with van der Waals surface area (Å²) in [5.41, 5.74) is 4.26. The van der Waals surface area contributed by atoms with Crippen molar-refractivity contribution in [1.29, 1.82) is 0 Å². The van der Waals surface area contributed by atoms with Gasteiger partial charge in [0.25, 0.3) is 0 Å². The van der Waals surface area contributed by atoms with Gasteiger partial charge in [-0.05, 0) is 49.9 Å². The minimum absolute atomic E-state index is 0.587. The molecular formula is C17H28N2. The lowest BCUT2D eigenvalue weighted by atomic mass is 10.1. The molecule has 1 aliphatic heterocycles. The van der Waals surface area contributed by atoms with Crippen LogP contribution in [0, 0.1) is 13.8 Å². The van der Waals surface area contributed by atoms with Gasteiger partial charge in [-0.1, -0.05) is 32.0 Å². The molecule has 0 radical (unpaired) electrons. The fraction of sp³-hybridized carbons (Fsp3) is 0.647. The second-order valence-corrected chi connectivity index (χ2v) is 6.25. The first kappa shape index (κ1) is 14.5. The van der Waals surface area contributed by atoms with Crippen LogP contribution in [-0.2, 0) is 6.54 Å². The van der Waals surface area contributed by atoms with Crippen molar-refractivity contribution in [2.24, 2.45) is 0 Å². The molecule has 0 saturated carbocycles. The molecule has 2 nitrogen and oxygen atoms in total. The molecule has 1 aromatic carbocycles. The molecule has 1 aliphatic rings.